The van der Waals surface area contributed by atoms with Crippen molar-refractivity contribution in [3.63, 3.8) is 0 Å². The van der Waals surface area contributed by atoms with Crippen LogP contribution < -0.4 is 9.80 Å². The molecule has 2 aliphatic heterocycles. The van der Waals surface area contributed by atoms with Gasteiger partial charge in [0.05, 0.1) is 13.2 Å². The van der Waals surface area contributed by atoms with Crippen molar-refractivity contribution >= 4 is 29.3 Å². The van der Waals surface area contributed by atoms with E-state index < -0.39 is 6.10 Å². The van der Waals surface area contributed by atoms with Gasteiger partial charge in [0.1, 0.15) is 18.0 Å². The maximum Gasteiger partial charge on any atom is 0.253 e. The average molecular weight is 337 g/mol. The summed E-state index contributed by atoms with van der Waals surface area (Å²) >= 11 is 1.90. The summed E-state index contributed by atoms with van der Waals surface area (Å²) < 4.78 is 5.73. The van der Waals surface area contributed by atoms with Crippen molar-refractivity contribution in [2.75, 3.05) is 68.2 Å². The number of carbonyl (C=O) groups excluding carboxylic acids is 1. The van der Waals surface area contributed by atoms with E-state index >= 15 is 0 Å². The number of hydrogen-bond acceptors (Lipinski definition) is 7. The summed E-state index contributed by atoms with van der Waals surface area (Å²) in [6, 6.07) is 1.95. The predicted molar refractivity (Wildman–Crippen MR) is 92.2 cm³/mol. The van der Waals surface area contributed by atoms with Gasteiger partial charge in [-0.25, -0.2) is 9.97 Å². The summed E-state index contributed by atoms with van der Waals surface area (Å²) in [5.74, 6) is 3.84. The number of carbonyl (C=O) groups is 1. The summed E-state index contributed by atoms with van der Waals surface area (Å²) in [6.07, 6.45) is 1.17. The smallest absolute Gasteiger partial charge is 0.253 e. The molecular weight excluding hydrogens is 314 g/mol. The molecule has 2 fully saturated rings. The highest BCUT2D eigenvalue weighted by Crippen LogP contribution is 2.20. The highest BCUT2D eigenvalue weighted by Gasteiger charge is 2.31. The third-order valence-electron chi connectivity index (χ3n) is 4.09. The quantitative estimate of drug-likeness (QED) is 0.787. The number of nitrogens with zero attached hydrogens (tertiary/aromatic N) is 5. The topological polar surface area (TPSA) is 61.8 Å². The van der Waals surface area contributed by atoms with E-state index in [1.165, 1.54) is 0 Å². The Morgan fingerprint density at radius 1 is 1.30 bits per heavy atom. The molecule has 2 aliphatic rings. The normalized spacial score (nSPS) is 22.1. The molecule has 1 atom stereocenters. The second-order valence-corrected chi connectivity index (χ2v) is 7.10. The fourth-order valence-electron chi connectivity index (χ4n) is 2.75. The molecule has 0 aliphatic carbocycles. The number of rotatable bonds is 3. The largest absolute Gasteiger partial charge is 0.365 e. The summed E-state index contributed by atoms with van der Waals surface area (Å²) in [4.78, 5) is 27.2. The first-order valence-electron chi connectivity index (χ1n) is 7.87. The monoisotopic (exact) mass is 337 g/mol. The SMILES string of the molecule is CN(C)c1cc(N2CCOC(C(=O)N3CCSCC3)C2)ncn1. The molecule has 1 amide bonds. The van der Waals surface area contributed by atoms with Crippen molar-refractivity contribution in [3.8, 4) is 0 Å². The van der Waals surface area contributed by atoms with Gasteiger partial charge in [-0.05, 0) is 0 Å². The molecule has 0 aromatic carbocycles. The average Bonchev–Trinajstić information content (AvgIpc) is 2.62. The number of ether oxygens (including phenoxy) is 1. The van der Waals surface area contributed by atoms with Crippen molar-refractivity contribution in [3.05, 3.63) is 12.4 Å². The van der Waals surface area contributed by atoms with Crippen LogP contribution in [0.5, 0.6) is 0 Å². The second kappa shape index (κ2) is 7.35. The lowest BCUT2D eigenvalue weighted by Gasteiger charge is -2.36. The fourth-order valence-corrected chi connectivity index (χ4v) is 3.65. The minimum absolute atomic E-state index is 0.108. The van der Waals surface area contributed by atoms with Crippen molar-refractivity contribution in [1.29, 1.82) is 0 Å². The van der Waals surface area contributed by atoms with Gasteiger partial charge in [0.25, 0.3) is 5.91 Å². The Morgan fingerprint density at radius 2 is 2.09 bits per heavy atom. The van der Waals surface area contributed by atoms with Gasteiger partial charge in [0.15, 0.2) is 6.10 Å². The van der Waals surface area contributed by atoms with Crippen LogP contribution in [0.4, 0.5) is 11.6 Å². The molecule has 3 heterocycles. The van der Waals surface area contributed by atoms with E-state index in [2.05, 4.69) is 14.9 Å². The van der Waals surface area contributed by atoms with Gasteiger partial charge in [-0.15, -0.1) is 0 Å². The zero-order valence-corrected chi connectivity index (χ0v) is 14.5. The first-order chi connectivity index (χ1) is 11.1. The number of morpholine rings is 1. The first kappa shape index (κ1) is 16.3. The van der Waals surface area contributed by atoms with Gasteiger partial charge >= 0.3 is 0 Å². The molecule has 1 aromatic rings. The molecule has 1 aromatic heterocycles. The Balaban J connectivity index is 1.68. The molecule has 126 valence electrons. The van der Waals surface area contributed by atoms with E-state index in [0.717, 1.165) is 42.8 Å². The van der Waals surface area contributed by atoms with Gasteiger partial charge in [-0.2, -0.15) is 11.8 Å². The van der Waals surface area contributed by atoms with Crippen molar-refractivity contribution in [2.24, 2.45) is 0 Å². The maximum atomic E-state index is 12.6. The molecule has 0 radical (unpaired) electrons. The van der Waals surface area contributed by atoms with Crippen molar-refractivity contribution in [2.45, 2.75) is 6.10 Å². The van der Waals surface area contributed by atoms with E-state index in [-0.39, 0.29) is 5.91 Å². The zero-order valence-electron chi connectivity index (χ0n) is 13.6. The Bertz CT molecular complexity index is 550. The molecule has 1 unspecified atom stereocenters. The fraction of sp³-hybridized carbons (Fsp3) is 0.667. The molecule has 3 rings (SSSR count). The van der Waals surface area contributed by atoms with E-state index in [0.29, 0.717) is 13.2 Å². The Labute approximate surface area is 141 Å². The third-order valence-corrected chi connectivity index (χ3v) is 5.03. The van der Waals surface area contributed by atoms with Crippen molar-refractivity contribution < 1.29 is 9.53 Å². The first-order valence-corrected chi connectivity index (χ1v) is 9.03. The zero-order chi connectivity index (χ0) is 16.2. The predicted octanol–water partition coefficient (Wildman–Crippen LogP) is 0.323. The minimum Gasteiger partial charge on any atom is -0.365 e. The molecule has 0 saturated carbocycles. The number of amides is 1. The number of aromatic nitrogens is 2. The lowest BCUT2D eigenvalue weighted by atomic mass is 10.2. The molecule has 8 heteroatoms. The summed E-state index contributed by atoms with van der Waals surface area (Å²) in [5.41, 5.74) is 0. The van der Waals surface area contributed by atoms with Crippen LogP contribution in [0, 0.1) is 0 Å². The van der Waals surface area contributed by atoms with Gasteiger partial charge in [0.2, 0.25) is 0 Å². The lowest BCUT2D eigenvalue weighted by molar-refractivity contribution is -0.144. The van der Waals surface area contributed by atoms with Crippen LogP contribution in [0.15, 0.2) is 12.4 Å². The number of hydrogen-bond donors (Lipinski definition) is 0. The van der Waals surface area contributed by atoms with E-state index in [4.69, 9.17) is 4.74 Å². The molecule has 0 bridgehead atoms. The van der Waals surface area contributed by atoms with Crippen LogP contribution in [0.3, 0.4) is 0 Å². The maximum absolute atomic E-state index is 12.6. The third kappa shape index (κ3) is 3.87. The van der Waals surface area contributed by atoms with Crippen LogP contribution >= 0.6 is 11.8 Å². The molecule has 0 N–H and O–H groups in total. The number of anilines is 2. The summed E-state index contributed by atoms with van der Waals surface area (Å²) in [6.45, 7) is 3.47. The van der Waals surface area contributed by atoms with Crippen LogP contribution in [0.25, 0.3) is 0 Å². The molecule has 2 saturated heterocycles. The molecule has 23 heavy (non-hydrogen) atoms. The Hall–Kier alpha value is -1.54. The summed E-state index contributed by atoms with van der Waals surface area (Å²) in [7, 11) is 3.90. The Kier molecular flexibility index (Phi) is 5.22. The van der Waals surface area contributed by atoms with Gasteiger partial charge < -0.3 is 19.4 Å². The molecular formula is C15H23N5O2S. The number of thioether (sulfide) groups is 1. The van der Waals surface area contributed by atoms with Gasteiger partial charge in [0, 0.05) is 51.3 Å². The van der Waals surface area contributed by atoms with Crippen LogP contribution in [-0.4, -0.2) is 85.3 Å². The van der Waals surface area contributed by atoms with Crippen LogP contribution in [-0.2, 0) is 9.53 Å². The Morgan fingerprint density at radius 3 is 2.83 bits per heavy atom. The highest BCUT2D eigenvalue weighted by molar-refractivity contribution is 7.99. The molecule has 7 nitrogen and oxygen atoms in total. The summed E-state index contributed by atoms with van der Waals surface area (Å²) in [5, 5.41) is 0. The van der Waals surface area contributed by atoms with E-state index in [1.54, 1.807) is 6.33 Å². The standard InChI is InChI=1S/C15H23N5O2S/c1-18(2)13-9-14(17-11-16-13)20-3-6-22-12(10-20)15(21)19-4-7-23-8-5-19/h9,11-12H,3-8,10H2,1-2H3. The second-order valence-electron chi connectivity index (χ2n) is 5.87. The lowest BCUT2D eigenvalue weighted by Crippen LogP contribution is -2.52. The van der Waals surface area contributed by atoms with Gasteiger partial charge in [-0.3, -0.25) is 4.79 Å². The molecule has 0 spiro atoms. The van der Waals surface area contributed by atoms with Gasteiger partial charge in [-0.1, -0.05) is 0 Å². The highest BCUT2D eigenvalue weighted by atomic mass is 32.2. The van der Waals surface area contributed by atoms with Crippen LogP contribution in [0.2, 0.25) is 0 Å². The van der Waals surface area contributed by atoms with E-state index in [9.17, 15) is 4.79 Å². The minimum atomic E-state index is -0.398. The van der Waals surface area contributed by atoms with Crippen LogP contribution in [0.1, 0.15) is 0 Å². The van der Waals surface area contributed by atoms with E-state index in [1.807, 2.05) is 41.7 Å². The van der Waals surface area contributed by atoms with Crippen molar-refractivity contribution in [1.82, 2.24) is 14.9 Å².